The fourth-order valence-corrected chi connectivity index (χ4v) is 1.75. The molecule has 1 aromatic carbocycles. The van der Waals surface area contributed by atoms with Crippen LogP contribution in [0, 0.1) is 11.3 Å². The molecule has 1 aromatic heterocycles. The zero-order valence-electron chi connectivity index (χ0n) is 9.78. The highest BCUT2D eigenvalue weighted by molar-refractivity contribution is 5.67. The molecule has 0 saturated heterocycles. The highest BCUT2D eigenvalue weighted by atomic mass is 19.4. The molecule has 0 spiro atoms. The lowest BCUT2D eigenvalue weighted by Gasteiger charge is -2.11. The molecular formula is C14H9F3N2. The second-order valence-electron chi connectivity index (χ2n) is 3.93. The lowest BCUT2D eigenvalue weighted by molar-refractivity contribution is -0.141. The van der Waals surface area contributed by atoms with Gasteiger partial charge in [-0.05, 0) is 22.8 Å². The zero-order valence-corrected chi connectivity index (χ0v) is 9.78. The van der Waals surface area contributed by atoms with Crippen LogP contribution in [0.15, 0.2) is 42.6 Å². The molecule has 0 saturated carbocycles. The molecule has 1 heterocycles. The number of halogens is 3. The maximum Gasteiger partial charge on any atom is 0.433 e. The largest absolute Gasteiger partial charge is 0.433 e. The first kappa shape index (κ1) is 13.1. The van der Waals surface area contributed by atoms with Gasteiger partial charge in [-0.25, -0.2) is 0 Å². The van der Waals surface area contributed by atoms with Crippen molar-refractivity contribution in [3.8, 4) is 17.2 Å². The summed E-state index contributed by atoms with van der Waals surface area (Å²) in [5.74, 6) is 0. The Morgan fingerprint density at radius 1 is 1.16 bits per heavy atom. The van der Waals surface area contributed by atoms with E-state index in [4.69, 9.17) is 5.26 Å². The van der Waals surface area contributed by atoms with Crippen LogP contribution in [0.2, 0.25) is 0 Å². The molecule has 0 fully saturated rings. The molecule has 0 N–H and O–H groups in total. The Morgan fingerprint density at radius 3 is 2.42 bits per heavy atom. The number of alkyl halides is 3. The molecule has 0 bridgehead atoms. The van der Waals surface area contributed by atoms with Crippen LogP contribution in [0.3, 0.4) is 0 Å². The number of nitrogens with zero attached hydrogens (tertiary/aromatic N) is 2. The van der Waals surface area contributed by atoms with Gasteiger partial charge in [0.1, 0.15) is 5.69 Å². The van der Waals surface area contributed by atoms with Crippen molar-refractivity contribution in [1.29, 1.82) is 5.26 Å². The Kier molecular flexibility index (Phi) is 3.52. The zero-order chi connectivity index (χ0) is 13.9. The van der Waals surface area contributed by atoms with Gasteiger partial charge in [-0.1, -0.05) is 30.3 Å². The third-order valence-corrected chi connectivity index (χ3v) is 2.63. The smallest absolute Gasteiger partial charge is 0.251 e. The van der Waals surface area contributed by atoms with Gasteiger partial charge in [-0.3, -0.25) is 4.98 Å². The lowest BCUT2D eigenvalue weighted by Crippen LogP contribution is -2.09. The van der Waals surface area contributed by atoms with E-state index >= 15 is 0 Å². The van der Waals surface area contributed by atoms with Crippen molar-refractivity contribution in [3.05, 3.63) is 53.9 Å². The predicted octanol–water partition coefficient (Wildman–Crippen LogP) is 3.83. The van der Waals surface area contributed by atoms with Crippen molar-refractivity contribution in [2.24, 2.45) is 0 Å². The fraction of sp³-hybridized carbons (Fsp3) is 0.143. The minimum Gasteiger partial charge on any atom is -0.251 e. The van der Waals surface area contributed by atoms with Gasteiger partial charge in [0, 0.05) is 6.20 Å². The number of hydrogen-bond donors (Lipinski definition) is 0. The molecule has 96 valence electrons. The third kappa shape index (κ3) is 2.91. The van der Waals surface area contributed by atoms with E-state index in [1.54, 1.807) is 30.3 Å². The predicted molar refractivity (Wildman–Crippen MR) is 64.0 cm³/mol. The number of pyridine rings is 1. The molecule has 0 aliphatic rings. The summed E-state index contributed by atoms with van der Waals surface area (Å²) in [6.45, 7) is 0. The molecule has 0 atom stereocenters. The first-order chi connectivity index (χ1) is 9.02. The van der Waals surface area contributed by atoms with Gasteiger partial charge in [0.05, 0.1) is 12.5 Å². The maximum atomic E-state index is 12.7. The van der Waals surface area contributed by atoms with Crippen molar-refractivity contribution in [1.82, 2.24) is 4.98 Å². The minimum absolute atomic E-state index is 0.0232. The average Bonchev–Trinajstić information content (AvgIpc) is 2.39. The van der Waals surface area contributed by atoms with Gasteiger partial charge < -0.3 is 0 Å². The number of benzene rings is 1. The molecule has 2 nitrogen and oxygen atoms in total. The van der Waals surface area contributed by atoms with Crippen LogP contribution >= 0.6 is 0 Å². The quantitative estimate of drug-likeness (QED) is 0.824. The minimum atomic E-state index is -4.49. The molecule has 0 radical (unpaired) electrons. The monoisotopic (exact) mass is 262 g/mol. The first-order valence-corrected chi connectivity index (χ1v) is 5.51. The Balaban J connectivity index is 2.58. The average molecular weight is 262 g/mol. The maximum absolute atomic E-state index is 12.7. The highest BCUT2D eigenvalue weighted by Gasteiger charge is 2.33. The van der Waals surface area contributed by atoms with Crippen molar-refractivity contribution >= 4 is 0 Å². The molecule has 0 aliphatic carbocycles. The van der Waals surface area contributed by atoms with E-state index in [0.29, 0.717) is 16.7 Å². The van der Waals surface area contributed by atoms with Crippen molar-refractivity contribution in [2.75, 3.05) is 0 Å². The van der Waals surface area contributed by atoms with Gasteiger partial charge in [-0.15, -0.1) is 0 Å². The van der Waals surface area contributed by atoms with E-state index in [2.05, 4.69) is 4.98 Å². The normalized spacial score (nSPS) is 11.1. The summed E-state index contributed by atoms with van der Waals surface area (Å²) >= 11 is 0. The van der Waals surface area contributed by atoms with Crippen molar-refractivity contribution in [2.45, 2.75) is 12.6 Å². The van der Waals surface area contributed by atoms with E-state index in [1.165, 1.54) is 0 Å². The fourth-order valence-electron chi connectivity index (χ4n) is 1.75. The second kappa shape index (κ2) is 5.11. The summed E-state index contributed by atoms with van der Waals surface area (Å²) in [7, 11) is 0. The molecule has 0 unspecified atom stereocenters. The van der Waals surface area contributed by atoms with Crippen LogP contribution in [0.25, 0.3) is 11.1 Å². The summed E-state index contributed by atoms with van der Waals surface area (Å²) in [4.78, 5) is 3.38. The van der Waals surface area contributed by atoms with Gasteiger partial charge >= 0.3 is 6.18 Å². The SMILES string of the molecule is N#CCc1cnc(C(F)(F)F)cc1-c1ccccc1. The summed E-state index contributed by atoms with van der Waals surface area (Å²) in [6.07, 6.45) is -3.35. The molecule has 0 aliphatic heterocycles. The Hall–Kier alpha value is -2.35. The van der Waals surface area contributed by atoms with Gasteiger partial charge in [0.15, 0.2) is 0 Å². The van der Waals surface area contributed by atoms with Crippen molar-refractivity contribution < 1.29 is 13.2 Å². The van der Waals surface area contributed by atoms with E-state index in [1.807, 2.05) is 6.07 Å². The standard InChI is InChI=1S/C14H9F3N2/c15-14(16,17)13-8-12(10-4-2-1-3-5-10)11(6-7-18)9-19-13/h1-5,8-9H,6H2. The molecular weight excluding hydrogens is 253 g/mol. The van der Waals surface area contributed by atoms with E-state index in [0.717, 1.165) is 12.3 Å². The molecule has 0 amide bonds. The Morgan fingerprint density at radius 2 is 1.84 bits per heavy atom. The topological polar surface area (TPSA) is 36.7 Å². The van der Waals surface area contributed by atoms with Crippen LogP contribution in [0.1, 0.15) is 11.3 Å². The van der Waals surface area contributed by atoms with E-state index < -0.39 is 11.9 Å². The Bertz CT molecular complexity index is 613. The second-order valence-corrected chi connectivity index (χ2v) is 3.93. The van der Waals surface area contributed by atoms with E-state index in [9.17, 15) is 13.2 Å². The summed E-state index contributed by atoms with van der Waals surface area (Å²) < 4.78 is 38.0. The van der Waals surface area contributed by atoms with Crippen LogP contribution in [-0.2, 0) is 12.6 Å². The number of nitriles is 1. The van der Waals surface area contributed by atoms with Crippen LogP contribution in [0.5, 0.6) is 0 Å². The highest BCUT2D eigenvalue weighted by Crippen LogP contribution is 2.32. The van der Waals surface area contributed by atoms with Gasteiger partial charge in [0.25, 0.3) is 0 Å². The summed E-state index contributed by atoms with van der Waals surface area (Å²) in [5, 5.41) is 8.72. The van der Waals surface area contributed by atoms with Crippen LogP contribution < -0.4 is 0 Å². The molecule has 2 aromatic rings. The van der Waals surface area contributed by atoms with Gasteiger partial charge in [-0.2, -0.15) is 18.4 Å². The van der Waals surface area contributed by atoms with Crippen molar-refractivity contribution in [3.63, 3.8) is 0 Å². The lowest BCUT2D eigenvalue weighted by atomic mass is 9.99. The summed E-state index contributed by atoms with van der Waals surface area (Å²) in [5.41, 5.74) is 0.569. The number of rotatable bonds is 2. The summed E-state index contributed by atoms with van der Waals surface area (Å²) in [6, 6.07) is 11.6. The van der Waals surface area contributed by atoms with Crippen LogP contribution in [-0.4, -0.2) is 4.98 Å². The van der Waals surface area contributed by atoms with Crippen LogP contribution in [0.4, 0.5) is 13.2 Å². The number of hydrogen-bond acceptors (Lipinski definition) is 2. The Labute approximate surface area is 108 Å². The van der Waals surface area contributed by atoms with Gasteiger partial charge in [0.2, 0.25) is 0 Å². The molecule has 5 heteroatoms. The molecule has 19 heavy (non-hydrogen) atoms. The number of aromatic nitrogens is 1. The van der Waals surface area contributed by atoms with E-state index in [-0.39, 0.29) is 6.42 Å². The molecule has 2 rings (SSSR count). The first-order valence-electron chi connectivity index (χ1n) is 5.51. The third-order valence-electron chi connectivity index (χ3n) is 2.63.